The van der Waals surface area contributed by atoms with E-state index in [0.29, 0.717) is 18.8 Å². The molecule has 0 atom stereocenters. The third kappa shape index (κ3) is 3.41. The molecule has 0 unspecified atom stereocenters. The van der Waals surface area contributed by atoms with Crippen LogP contribution in [0.1, 0.15) is 19.4 Å². The van der Waals surface area contributed by atoms with Crippen LogP contribution in [0.15, 0.2) is 18.2 Å². The fraction of sp³-hybridized carbons (Fsp3) is 0.562. The van der Waals surface area contributed by atoms with Gasteiger partial charge in [0.05, 0.1) is 25.9 Å². The van der Waals surface area contributed by atoms with E-state index in [1.54, 1.807) is 18.2 Å². The lowest BCUT2D eigenvalue weighted by Crippen LogP contribution is -2.54. The molecule has 4 nitrogen and oxygen atoms in total. The highest BCUT2D eigenvalue weighted by Crippen LogP contribution is 2.24. The highest BCUT2D eigenvalue weighted by atomic mass is 19.1. The van der Waals surface area contributed by atoms with Crippen molar-refractivity contribution < 1.29 is 18.7 Å². The molecule has 21 heavy (non-hydrogen) atoms. The first-order valence-electron chi connectivity index (χ1n) is 7.14. The predicted octanol–water partition coefficient (Wildman–Crippen LogP) is 2.06. The van der Waals surface area contributed by atoms with Gasteiger partial charge < -0.3 is 9.47 Å². The molecule has 0 N–H and O–H groups in total. The van der Waals surface area contributed by atoms with E-state index in [-0.39, 0.29) is 18.0 Å². The van der Waals surface area contributed by atoms with Crippen molar-refractivity contribution in [1.82, 2.24) is 4.90 Å². The Morgan fingerprint density at radius 3 is 2.67 bits per heavy atom. The maximum atomic E-state index is 14.2. The standard InChI is InChI=1S/C16H22FNO3/c1-16(2,18-7-9-21-10-8-18)14(19)11-12-5-4-6-13(20-3)15(12)17/h4-6H,7-11H2,1-3H3. The number of ether oxygens (including phenoxy) is 2. The summed E-state index contributed by atoms with van der Waals surface area (Å²) in [6.45, 7) is 6.48. The fourth-order valence-electron chi connectivity index (χ4n) is 2.54. The van der Waals surface area contributed by atoms with Crippen molar-refractivity contribution in [2.75, 3.05) is 33.4 Å². The molecule has 0 amide bonds. The summed E-state index contributed by atoms with van der Waals surface area (Å²) in [5, 5.41) is 0. The number of hydrogen-bond donors (Lipinski definition) is 0. The second kappa shape index (κ2) is 6.54. The molecule has 1 fully saturated rings. The Hall–Kier alpha value is -1.46. The Kier molecular flexibility index (Phi) is 4.96. The van der Waals surface area contributed by atoms with Crippen LogP contribution in [0.3, 0.4) is 0 Å². The van der Waals surface area contributed by atoms with Crippen molar-refractivity contribution in [2.24, 2.45) is 0 Å². The molecule has 5 heteroatoms. The number of nitrogens with zero attached hydrogens (tertiary/aromatic N) is 1. The average molecular weight is 295 g/mol. The molecule has 1 aliphatic rings. The number of morpholine rings is 1. The van der Waals surface area contributed by atoms with Crippen molar-refractivity contribution in [2.45, 2.75) is 25.8 Å². The van der Waals surface area contributed by atoms with Gasteiger partial charge in [-0.05, 0) is 25.5 Å². The zero-order chi connectivity index (χ0) is 15.5. The predicted molar refractivity (Wildman–Crippen MR) is 78.1 cm³/mol. The van der Waals surface area contributed by atoms with E-state index in [4.69, 9.17) is 9.47 Å². The third-order valence-corrected chi connectivity index (χ3v) is 4.10. The number of carbonyl (C=O) groups excluding carboxylic acids is 1. The van der Waals surface area contributed by atoms with Gasteiger partial charge in [-0.25, -0.2) is 4.39 Å². The zero-order valence-electron chi connectivity index (χ0n) is 12.8. The van der Waals surface area contributed by atoms with Crippen LogP contribution in [0.5, 0.6) is 5.75 Å². The van der Waals surface area contributed by atoms with Gasteiger partial charge in [-0.3, -0.25) is 9.69 Å². The van der Waals surface area contributed by atoms with E-state index in [1.807, 2.05) is 13.8 Å². The van der Waals surface area contributed by atoms with Gasteiger partial charge >= 0.3 is 0 Å². The Labute approximate surface area is 124 Å². The lowest BCUT2D eigenvalue weighted by atomic mass is 9.91. The zero-order valence-corrected chi connectivity index (χ0v) is 12.8. The Morgan fingerprint density at radius 1 is 1.38 bits per heavy atom. The molecule has 1 aliphatic heterocycles. The van der Waals surface area contributed by atoms with Crippen molar-refractivity contribution in [3.8, 4) is 5.75 Å². The molecular formula is C16H22FNO3. The van der Waals surface area contributed by atoms with Crippen molar-refractivity contribution >= 4 is 5.78 Å². The topological polar surface area (TPSA) is 38.8 Å². The van der Waals surface area contributed by atoms with Gasteiger partial charge in [0, 0.05) is 19.5 Å². The SMILES string of the molecule is COc1cccc(CC(=O)C(C)(C)N2CCOCC2)c1F. The first kappa shape index (κ1) is 15.9. The second-order valence-corrected chi connectivity index (χ2v) is 5.69. The molecule has 0 aromatic heterocycles. The quantitative estimate of drug-likeness (QED) is 0.833. The molecule has 0 spiro atoms. The third-order valence-electron chi connectivity index (χ3n) is 4.10. The highest BCUT2D eigenvalue weighted by molar-refractivity contribution is 5.89. The van der Waals surface area contributed by atoms with Gasteiger partial charge in [0.25, 0.3) is 0 Å². The van der Waals surface area contributed by atoms with Gasteiger partial charge in [0.15, 0.2) is 17.3 Å². The summed E-state index contributed by atoms with van der Waals surface area (Å²) in [6, 6.07) is 4.88. The monoisotopic (exact) mass is 295 g/mol. The van der Waals surface area contributed by atoms with Gasteiger partial charge in [0.2, 0.25) is 0 Å². The normalized spacial score (nSPS) is 16.8. The summed E-state index contributed by atoms with van der Waals surface area (Å²) in [5.74, 6) is -0.285. The number of methoxy groups -OCH3 is 1. The van der Waals surface area contributed by atoms with Crippen LogP contribution in [-0.4, -0.2) is 49.6 Å². The Morgan fingerprint density at radius 2 is 2.05 bits per heavy atom. The number of ketones is 1. The highest BCUT2D eigenvalue weighted by Gasteiger charge is 2.35. The number of carbonyl (C=O) groups is 1. The van der Waals surface area contributed by atoms with E-state index >= 15 is 0 Å². The molecule has 1 saturated heterocycles. The molecule has 1 heterocycles. The molecule has 0 radical (unpaired) electrons. The first-order chi connectivity index (χ1) is 9.96. The molecule has 2 rings (SSSR count). The molecule has 0 saturated carbocycles. The summed E-state index contributed by atoms with van der Waals surface area (Å²) >= 11 is 0. The van der Waals surface area contributed by atoms with Crippen molar-refractivity contribution in [3.05, 3.63) is 29.6 Å². The molecule has 0 aliphatic carbocycles. The first-order valence-corrected chi connectivity index (χ1v) is 7.14. The Balaban J connectivity index is 2.13. The van der Waals surface area contributed by atoms with Crippen LogP contribution < -0.4 is 4.74 Å². The van der Waals surface area contributed by atoms with Crippen molar-refractivity contribution in [1.29, 1.82) is 0 Å². The number of hydrogen-bond acceptors (Lipinski definition) is 4. The summed E-state index contributed by atoms with van der Waals surface area (Å²) in [7, 11) is 1.42. The fourth-order valence-corrected chi connectivity index (χ4v) is 2.54. The van der Waals surface area contributed by atoms with Gasteiger partial charge in [-0.2, -0.15) is 0 Å². The minimum Gasteiger partial charge on any atom is -0.494 e. The van der Waals surface area contributed by atoms with Crippen molar-refractivity contribution in [3.63, 3.8) is 0 Å². The molecule has 1 aromatic carbocycles. The second-order valence-electron chi connectivity index (χ2n) is 5.69. The summed E-state index contributed by atoms with van der Waals surface area (Å²) < 4.78 is 24.4. The van der Waals surface area contributed by atoms with E-state index in [1.165, 1.54) is 7.11 Å². The van der Waals surface area contributed by atoms with Gasteiger partial charge in [-0.15, -0.1) is 0 Å². The number of halogens is 1. The van der Waals surface area contributed by atoms with E-state index in [9.17, 15) is 9.18 Å². The lowest BCUT2D eigenvalue weighted by molar-refractivity contribution is -0.131. The largest absolute Gasteiger partial charge is 0.494 e. The van der Waals surface area contributed by atoms with Crippen LogP contribution in [0.2, 0.25) is 0 Å². The number of benzene rings is 1. The van der Waals surface area contributed by atoms with E-state index < -0.39 is 11.4 Å². The lowest BCUT2D eigenvalue weighted by Gasteiger charge is -2.39. The van der Waals surface area contributed by atoms with Crippen LogP contribution in [-0.2, 0) is 16.0 Å². The minimum absolute atomic E-state index is 0.00319. The maximum absolute atomic E-state index is 14.2. The molecule has 1 aromatic rings. The Bertz CT molecular complexity index is 510. The van der Waals surface area contributed by atoms with Crippen LogP contribution in [0, 0.1) is 5.82 Å². The number of Topliss-reactive ketones (excluding diaryl/α,β-unsaturated/α-hetero) is 1. The van der Waals surface area contributed by atoms with E-state index in [2.05, 4.69) is 4.90 Å². The minimum atomic E-state index is -0.626. The van der Waals surface area contributed by atoms with Crippen LogP contribution in [0.4, 0.5) is 4.39 Å². The molecule has 0 bridgehead atoms. The van der Waals surface area contributed by atoms with Crippen LogP contribution in [0.25, 0.3) is 0 Å². The van der Waals surface area contributed by atoms with Crippen LogP contribution >= 0.6 is 0 Å². The average Bonchev–Trinajstić information content (AvgIpc) is 2.50. The smallest absolute Gasteiger partial charge is 0.168 e. The summed E-state index contributed by atoms with van der Waals surface area (Å²) in [4.78, 5) is 14.7. The van der Waals surface area contributed by atoms with E-state index in [0.717, 1.165) is 13.1 Å². The summed E-state index contributed by atoms with van der Waals surface area (Å²) in [6.07, 6.45) is 0.0629. The number of rotatable bonds is 5. The molecule has 116 valence electrons. The summed E-state index contributed by atoms with van der Waals surface area (Å²) in [5.41, 5.74) is -0.250. The van der Waals surface area contributed by atoms with Gasteiger partial charge in [0.1, 0.15) is 0 Å². The molecular weight excluding hydrogens is 273 g/mol. The van der Waals surface area contributed by atoms with Gasteiger partial charge in [-0.1, -0.05) is 12.1 Å². The maximum Gasteiger partial charge on any atom is 0.168 e.